The van der Waals surface area contributed by atoms with Crippen LogP contribution in [0.2, 0.25) is 0 Å². The summed E-state index contributed by atoms with van der Waals surface area (Å²) in [4.78, 5) is 8.91. The third-order valence-corrected chi connectivity index (χ3v) is 3.95. The maximum atomic E-state index is 5.70. The summed E-state index contributed by atoms with van der Waals surface area (Å²) in [6, 6.07) is 9.85. The molecule has 102 valence electrons. The molecule has 5 heteroatoms. The molecule has 0 amide bonds. The first-order valence-corrected chi connectivity index (χ1v) is 7.27. The summed E-state index contributed by atoms with van der Waals surface area (Å²) in [6.45, 7) is 2.68. The maximum Gasteiger partial charge on any atom is 0.263 e. The molecule has 3 rings (SSSR count). The average Bonchev–Trinajstić information content (AvgIpc) is 2.84. The molecule has 0 radical (unpaired) electrons. The monoisotopic (exact) mass is 285 g/mol. The summed E-state index contributed by atoms with van der Waals surface area (Å²) in [5.41, 5.74) is 9.50. The van der Waals surface area contributed by atoms with Crippen molar-refractivity contribution in [1.29, 1.82) is 0 Å². The minimum absolute atomic E-state index is 0.619. The first kappa shape index (κ1) is 13.1. The van der Waals surface area contributed by atoms with E-state index < -0.39 is 0 Å². The van der Waals surface area contributed by atoms with Crippen LogP contribution in [-0.4, -0.2) is 16.5 Å². The van der Waals surface area contributed by atoms with Crippen molar-refractivity contribution in [3.05, 3.63) is 47.7 Å². The topological polar surface area (TPSA) is 64.9 Å². The number of oxazole rings is 1. The molecule has 0 fully saturated rings. The highest BCUT2D eigenvalue weighted by atomic mass is 32.2. The van der Waals surface area contributed by atoms with Gasteiger partial charge >= 0.3 is 0 Å². The lowest BCUT2D eigenvalue weighted by atomic mass is 10.2. The van der Waals surface area contributed by atoms with Gasteiger partial charge in [0, 0.05) is 6.20 Å². The molecule has 20 heavy (non-hydrogen) atoms. The van der Waals surface area contributed by atoms with Crippen molar-refractivity contribution in [2.24, 2.45) is 5.73 Å². The predicted molar refractivity (Wildman–Crippen MR) is 79.9 cm³/mol. The van der Waals surface area contributed by atoms with E-state index >= 15 is 0 Å². The van der Waals surface area contributed by atoms with Crippen LogP contribution < -0.4 is 5.73 Å². The SMILES string of the molecule is Cc1cc(CCN)cnc1Sc1nc2ccccc2o1. The molecular formula is C15H15N3OS. The summed E-state index contributed by atoms with van der Waals surface area (Å²) >= 11 is 1.45. The lowest BCUT2D eigenvalue weighted by molar-refractivity contribution is 0.489. The Kier molecular flexibility index (Phi) is 3.71. The summed E-state index contributed by atoms with van der Waals surface area (Å²) in [6.07, 6.45) is 2.71. The van der Waals surface area contributed by atoms with E-state index in [0.29, 0.717) is 11.8 Å². The third-order valence-electron chi connectivity index (χ3n) is 2.98. The summed E-state index contributed by atoms with van der Waals surface area (Å²) in [5, 5.41) is 1.53. The van der Waals surface area contributed by atoms with E-state index in [-0.39, 0.29) is 0 Å². The van der Waals surface area contributed by atoms with Crippen molar-refractivity contribution in [2.75, 3.05) is 6.54 Å². The van der Waals surface area contributed by atoms with Gasteiger partial charge < -0.3 is 10.2 Å². The molecule has 2 aromatic heterocycles. The van der Waals surface area contributed by atoms with Crippen molar-refractivity contribution < 1.29 is 4.42 Å². The van der Waals surface area contributed by atoms with Gasteiger partial charge in [0.05, 0.1) is 0 Å². The van der Waals surface area contributed by atoms with Crippen LogP contribution in [0, 0.1) is 6.92 Å². The van der Waals surface area contributed by atoms with Crippen molar-refractivity contribution >= 4 is 22.9 Å². The molecule has 4 nitrogen and oxygen atoms in total. The molecule has 0 bridgehead atoms. The predicted octanol–water partition coefficient (Wildman–Crippen LogP) is 3.18. The van der Waals surface area contributed by atoms with Crippen molar-refractivity contribution in [2.45, 2.75) is 23.6 Å². The molecule has 2 N–H and O–H groups in total. The van der Waals surface area contributed by atoms with Crippen LogP contribution >= 0.6 is 11.8 Å². The van der Waals surface area contributed by atoms with Crippen molar-refractivity contribution in [1.82, 2.24) is 9.97 Å². The van der Waals surface area contributed by atoms with Gasteiger partial charge in [-0.05, 0) is 54.9 Å². The third kappa shape index (κ3) is 2.69. The number of hydrogen-bond donors (Lipinski definition) is 1. The largest absolute Gasteiger partial charge is 0.431 e. The van der Waals surface area contributed by atoms with Gasteiger partial charge in [-0.25, -0.2) is 9.97 Å². The number of nitrogens with two attached hydrogens (primary N) is 1. The number of para-hydroxylation sites is 2. The lowest BCUT2D eigenvalue weighted by Gasteiger charge is -2.04. The van der Waals surface area contributed by atoms with Crippen LogP contribution in [0.5, 0.6) is 0 Å². The van der Waals surface area contributed by atoms with Crippen LogP contribution in [-0.2, 0) is 6.42 Å². The molecule has 0 saturated carbocycles. The van der Waals surface area contributed by atoms with Gasteiger partial charge in [0.1, 0.15) is 10.5 Å². The molecule has 1 aromatic carbocycles. The minimum Gasteiger partial charge on any atom is -0.431 e. The fourth-order valence-electron chi connectivity index (χ4n) is 2.01. The lowest BCUT2D eigenvalue weighted by Crippen LogP contribution is -2.03. The van der Waals surface area contributed by atoms with E-state index in [1.165, 1.54) is 11.8 Å². The van der Waals surface area contributed by atoms with Crippen LogP contribution in [0.25, 0.3) is 11.1 Å². The molecule has 0 spiro atoms. The van der Waals surface area contributed by atoms with Gasteiger partial charge in [-0.3, -0.25) is 0 Å². The molecule has 0 unspecified atom stereocenters. The number of benzene rings is 1. The Balaban J connectivity index is 1.86. The number of hydrogen-bond acceptors (Lipinski definition) is 5. The van der Waals surface area contributed by atoms with Crippen molar-refractivity contribution in [3.8, 4) is 0 Å². The first-order valence-electron chi connectivity index (χ1n) is 6.45. The van der Waals surface area contributed by atoms with Gasteiger partial charge in [-0.2, -0.15) is 0 Å². The van der Waals surface area contributed by atoms with E-state index in [0.717, 1.165) is 33.7 Å². The van der Waals surface area contributed by atoms with Gasteiger partial charge in [0.2, 0.25) is 0 Å². The molecular weight excluding hydrogens is 270 g/mol. The summed E-state index contributed by atoms with van der Waals surface area (Å²) in [5.74, 6) is 0. The zero-order valence-corrected chi connectivity index (χ0v) is 12.0. The van der Waals surface area contributed by atoms with Crippen LogP contribution in [0.1, 0.15) is 11.1 Å². The summed E-state index contributed by atoms with van der Waals surface area (Å²) in [7, 11) is 0. The molecule has 0 atom stereocenters. The van der Waals surface area contributed by atoms with Gasteiger partial charge in [-0.1, -0.05) is 18.2 Å². The number of pyridine rings is 1. The van der Waals surface area contributed by atoms with Gasteiger partial charge in [0.15, 0.2) is 5.58 Å². The summed E-state index contributed by atoms with van der Waals surface area (Å²) < 4.78 is 5.70. The first-order chi connectivity index (χ1) is 9.76. The molecule has 0 aliphatic rings. The highest BCUT2D eigenvalue weighted by molar-refractivity contribution is 7.99. The van der Waals surface area contributed by atoms with E-state index in [1.54, 1.807) is 0 Å². The van der Waals surface area contributed by atoms with E-state index in [1.807, 2.05) is 37.4 Å². The number of aromatic nitrogens is 2. The molecule has 3 aromatic rings. The smallest absolute Gasteiger partial charge is 0.263 e. The highest BCUT2D eigenvalue weighted by Crippen LogP contribution is 2.30. The normalized spacial score (nSPS) is 11.1. The Morgan fingerprint density at radius 1 is 1.30 bits per heavy atom. The number of fused-ring (bicyclic) bond motifs is 1. The van der Waals surface area contributed by atoms with E-state index in [4.69, 9.17) is 10.2 Å². The second-order valence-electron chi connectivity index (χ2n) is 4.55. The standard InChI is InChI=1S/C15H15N3OS/c1-10-8-11(6-7-16)9-17-14(10)20-15-18-12-4-2-3-5-13(12)19-15/h2-5,8-9H,6-7,16H2,1H3. The highest BCUT2D eigenvalue weighted by Gasteiger charge is 2.10. The Morgan fingerprint density at radius 3 is 2.90 bits per heavy atom. The van der Waals surface area contributed by atoms with Crippen LogP contribution in [0.3, 0.4) is 0 Å². The maximum absolute atomic E-state index is 5.70. The van der Waals surface area contributed by atoms with Crippen molar-refractivity contribution in [3.63, 3.8) is 0 Å². The fourth-order valence-corrected chi connectivity index (χ4v) is 2.77. The molecule has 2 heterocycles. The minimum atomic E-state index is 0.619. The number of rotatable bonds is 4. The quantitative estimate of drug-likeness (QED) is 0.797. The number of nitrogens with zero attached hydrogens (tertiary/aromatic N) is 2. The zero-order valence-electron chi connectivity index (χ0n) is 11.2. The molecule has 0 aliphatic heterocycles. The Hall–Kier alpha value is -1.85. The Bertz CT molecular complexity index is 706. The fraction of sp³-hybridized carbons (Fsp3) is 0.200. The zero-order chi connectivity index (χ0) is 13.9. The molecule has 0 aliphatic carbocycles. The molecule has 0 saturated heterocycles. The Labute approximate surface area is 121 Å². The van der Waals surface area contributed by atoms with E-state index in [2.05, 4.69) is 16.0 Å². The average molecular weight is 285 g/mol. The second-order valence-corrected chi connectivity index (χ2v) is 5.49. The van der Waals surface area contributed by atoms with Crippen LogP contribution in [0.15, 0.2) is 51.2 Å². The van der Waals surface area contributed by atoms with E-state index in [9.17, 15) is 0 Å². The number of aryl methyl sites for hydroxylation is 1. The van der Waals surface area contributed by atoms with Gasteiger partial charge in [-0.15, -0.1) is 0 Å². The Morgan fingerprint density at radius 2 is 2.15 bits per heavy atom. The second kappa shape index (κ2) is 5.64. The van der Waals surface area contributed by atoms with Gasteiger partial charge in [0.25, 0.3) is 5.22 Å². The van der Waals surface area contributed by atoms with Crippen LogP contribution in [0.4, 0.5) is 0 Å².